The minimum atomic E-state index is -0.566. The molecule has 0 spiro atoms. The first-order chi connectivity index (χ1) is 11.8. The number of likely N-dealkylation sites (N-methyl/N-ethyl adjacent to an activating group) is 1. The molecule has 1 atom stereocenters. The van der Waals surface area contributed by atoms with Crippen LogP contribution in [0.5, 0.6) is 0 Å². The molecule has 0 N–H and O–H groups in total. The molecule has 0 radical (unpaired) electrons. The molecule has 2 rings (SSSR count). The van der Waals surface area contributed by atoms with Crippen molar-refractivity contribution in [3.63, 3.8) is 0 Å². The van der Waals surface area contributed by atoms with E-state index in [1.54, 1.807) is 22.2 Å². The van der Waals surface area contributed by atoms with Crippen LogP contribution in [0.2, 0.25) is 0 Å². The van der Waals surface area contributed by atoms with E-state index in [-0.39, 0.29) is 5.91 Å². The second kappa shape index (κ2) is 8.32. The van der Waals surface area contributed by atoms with Gasteiger partial charge in [-0.25, -0.2) is 4.79 Å². The zero-order valence-corrected chi connectivity index (χ0v) is 15.7. The number of piperidine rings is 1. The number of aromatic nitrogens is 1. The van der Waals surface area contributed by atoms with Crippen LogP contribution in [-0.2, 0) is 16.1 Å². The van der Waals surface area contributed by atoms with Crippen LogP contribution in [0.15, 0.2) is 24.5 Å². The van der Waals surface area contributed by atoms with Gasteiger partial charge in [0.2, 0.25) is 5.91 Å². The molecule has 2 amide bonds. The van der Waals surface area contributed by atoms with E-state index in [1.165, 1.54) is 0 Å². The molecule has 0 aliphatic carbocycles. The predicted octanol–water partition coefficient (Wildman–Crippen LogP) is 3.22. The van der Waals surface area contributed by atoms with E-state index in [0.29, 0.717) is 26.1 Å². The number of amides is 2. The molecule has 0 bridgehead atoms. The first kappa shape index (κ1) is 19.2. The lowest BCUT2D eigenvalue weighted by molar-refractivity contribution is -0.138. The van der Waals surface area contributed by atoms with Gasteiger partial charge in [0.15, 0.2) is 0 Å². The van der Waals surface area contributed by atoms with Gasteiger partial charge in [0.25, 0.3) is 0 Å². The Balaban J connectivity index is 2.11. The summed E-state index contributed by atoms with van der Waals surface area (Å²) in [6.45, 7) is 9.17. The van der Waals surface area contributed by atoms with Crippen LogP contribution < -0.4 is 0 Å². The van der Waals surface area contributed by atoms with Gasteiger partial charge >= 0.3 is 6.09 Å². The lowest BCUT2D eigenvalue weighted by Crippen LogP contribution is -2.53. The summed E-state index contributed by atoms with van der Waals surface area (Å²) >= 11 is 0. The van der Waals surface area contributed by atoms with Crippen LogP contribution in [0.4, 0.5) is 4.79 Å². The first-order valence-corrected chi connectivity index (χ1v) is 8.99. The topological polar surface area (TPSA) is 62.7 Å². The Morgan fingerprint density at radius 3 is 2.56 bits per heavy atom. The second-order valence-corrected chi connectivity index (χ2v) is 7.39. The van der Waals surface area contributed by atoms with Gasteiger partial charge in [-0.3, -0.25) is 14.7 Å². The first-order valence-electron chi connectivity index (χ1n) is 8.99. The fraction of sp³-hybridized carbons (Fsp3) is 0.632. The Bertz CT molecular complexity index is 583. The molecule has 0 saturated carbocycles. The molecule has 0 aromatic carbocycles. The van der Waals surface area contributed by atoms with Crippen molar-refractivity contribution in [2.24, 2.45) is 0 Å². The Labute approximate surface area is 150 Å². The number of hydrogen-bond donors (Lipinski definition) is 0. The smallest absolute Gasteiger partial charge is 0.410 e. The molecule has 1 fully saturated rings. The Morgan fingerprint density at radius 1 is 1.28 bits per heavy atom. The van der Waals surface area contributed by atoms with Crippen molar-refractivity contribution in [1.82, 2.24) is 14.8 Å². The fourth-order valence-corrected chi connectivity index (χ4v) is 2.99. The molecule has 138 valence electrons. The molecular weight excluding hydrogens is 318 g/mol. The van der Waals surface area contributed by atoms with Gasteiger partial charge in [-0.2, -0.15) is 0 Å². The molecule has 6 nitrogen and oxygen atoms in total. The average Bonchev–Trinajstić information content (AvgIpc) is 2.58. The number of ether oxygens (including phenoxy) is 1. The minimum Gasteiger partial charge on any atom is -0.444 e. The maximum Gasteiger partial charge on any atom is 0.410 e. The van der Waals surface area contributed by atoms with E-state index >= 15 is 0 Å². The molecule has 1 aliphatic rings. The SMILES string of the molecule is CCN(Cc1ccncc1)C(=O)C1CCCCN1C(=O)OC(C)(C)C. The summed E-state index contributed by atoms with van der Waals surface area (Å²) in [4.78, 5) is 33.0. The molecule has 1 aromatic rings. The van der Waals surface area contributed by atoms with Crippen molar-refractivity contribution in [2.75, 3.05) is 13.1 Å². The number of nitrogens with zero attached hydrogens (tertiary/aromatic N) is 3. The normalized spacial score (nSPS) is 17.9. The quantitative estimate of drug-likeness (QED) is 0.839. The summed E-state index contributed by atoms with van der Waals surface area (Å²) in [6, 6.07) is 3.37. The van der Waals surface area contributed by atoms with Gasteiger partial charge < -0.3 is 9.64 Å². The average molecular weight is 347 g/mol. The van der Waals surface area contributed by atoms with E-state index < -0.39 is 17.7 Å². The maximum absolute atomic E-state index is 13.1. The number of pyridine rings is 1. The second-order valence-electron chi connectivity index (χ2n) is 7.39. The number of carbonyl (C=O) groups is 2. The van der Waals surface area contributed by atoms with Crippen LogP contribution >= 0.6 is 0 Å². The summed E-state index contributed by atoms with van der Waals surface area (Å²) < 4.78 is 5.50. The van der Waals surface area contributed by atoms with Crippen molar-refractivity contribution >= 4 is 12.0 Å². The van der Waals surface area contributed by atoms with Crippen molar-refractivity contribution in [1.29, 1.82) is 0 Å². The zero-order chi connectivity index (χ0) is 18.4. The van der Waals surface area contributed by atoms with Crippen LogP contribution in [0.3, 0.4) is 0 Å². The van der Waals surface area contributed by atoms with Gasteiger partial charge in [-0.05, 0) is 64.7 Å². The van der Waals surface area contributed by atoms with Gasteiger partial charge in [0.1, 0.15) is 11.6 Å². The standard InChI is InChI=1S/C19H29N3O3/c1-5-21(14-15-9-11-20-12-10-15)17(23)16-8-6-7-13-22(16)18(24)25-19(2,3)4/h9-12,16H,5-8,13-14H2,1-4H3. The highest BCUT2D eigenvalue weighted by Crippen LogP contribution is 2.22. The molecule has 1 aliphatic heterocycles. The van der Waals surface area contributed by atoms with Gasteiger partial charge in [-0.1, -0.05) is 0 Å². The Kier molecular flexibility index (Phi) is 6.39. The van der Waals surface area contributed by atoms with E-state index in [1.807, 2.05) is 39.8 Å². The summed E-state index contributed by atoms with van der Waals surface area (Å²) in [5, 5.41) is 0. The molecule has 25 heavy (non-hydrogen) atoms. The number of carbonyl (C=O) groups excluding carboxylic acids is 2. The largest absolute Gasteiger partial charge is 0.444 e. The molecule has 2 heterocycles. The summed E-state index contributed by atoms with van der Waals surface area (Å²) in [7, 11) is 0. The summed E-state index contributed by atoms with van der Waals surface area (Å²) in [5.74, 6) is -0.00938. The maximum atomic E-state index is 13.1. The molecule has 6 heteroatoms. The third kappa shape index (κ3) is 5.44. The highest BCUT2D eigenvalue weighted by Gasteiger charge is 2.36. The Hall–Kier alpha value is -2.11. The third-order valence-corrected chi connectivity index (χ3v) is 4.23. The van der Waals surface area contributed by atoms with Crippen LogP contribution in [0.25, 0.3) is 0 Å². The number of likely N-dealkylation sites (tertiary alicyclic amines) is 1. The zero-order valence-electron chi connectivity index (χ0n) is 15.7. The van der Waals surface area contributed by atoms with Crippen LogP contribution in [-0.4, -0.2) is 51.5 Å². The molecule has 1 aromatic heterocycles. The summed E-state index contributed by atoms with van der Waals surface area (Å²) in [6.07, 6.45) is 5.58. The highest BCUT2D eigenvalue weighted by molar-refractivity contribution is 5.86. The van der Waals surface area contributed by atoms with Crippen molar-refractivity contribution < 1.29 is 14.3 Å². The van der Waals surface area contributed by atoms with Crippen molar-refractivity contribution in [3.8, 4) is 0 Å². The van der Waals surface area contributed by atoms with E-state index in [4.69, 9.17) is 4.74 Å². The predicted molar refractivity (Wildman–Crippen MR) is 95.9 cm³/mol. The van der Waals surface area contributed by atoms with Gasteiger partial charge in [-0.15, -0.1) is 0 Å². The van der Waals surface area contributed by atoms with Crippen LogP contribution in [0, 0.1) is 0 Å². The van der Waals surface area contributed by atoms with E-state index in [9.17, 15) is 9.59 Å². The summed E-state index contributed by atoms with van der Waals surface area (Å²) in [5.41, 5.74) is 0.466. The van der Waals surface area contributed by atoms with Crippen LogP contribution in [0.1, 0.15) is 52.5 Å². The van der Waals surface area contributed by atoms with E-state index in [2.05, 4.69) is 4.98 Å². The molecule has 1 saturated heterocycles. The monoisotopic (exact) mass is 347 g/mol. The Morgan fingerprint density at radius 2 is 1.96 bits per heavy atom. The minimum absolute atomic E-state index is 0.00938. The lowest BCUT2D eigenvalue weighted by Gasteiger charge is -2.38. The number of rotatable bonds is 4. The molecular formula is C19H29N3O3. The van der Waals surface area contributed by atoms with Gasteiger partial charge in [0.05, 0.1) is 0 Å². The third-order valence-electron chi connectivity index (χ3n) is 4.23. The number of hydrogen-bond acceptors (Lipinski definition) is 4. The van der Waals surface area contributed by atoms with E-state index in [0.717, 1.165) is 18.4 Å². The molecule has 1 unspecified atom stereocenters. The van der Waals surface area contributed by atoms with Gasteiger partial charge in [0, 0.05) is 32.0 Å². The highest BCUT2D eigenvalue weighted by atomic mass is 16.6. The fourth-order valence-electron chi connectivity index (χ4n) is 2.99. The van der Waals surface area contributed by atoms with Crippen molar-refractivity contribution in [3.05, 3.63) is 30.1 Å². The lowest BCUT2D eigenvalue weighted by atomic mass is 10.0. The van der Waals surface area contributed by atoms with Crippen molar-refractivity contribution in [2.45, 2.75) is 65.1 Å².